The average molecular weight is 338 g/mol. The molecule has 1 aromatic heterocycles. The molecule has 2 N–H and O–H groups in total. The van der Waals surface area contributed by atoms with Crippen LogP contribution in [0.15, 0.2) is 6.20 Å². The third-order valence-electron chi connectivity index (χ3n) is 4.53. The predicted molar refractivity (Wildman–Crippen MR) is 96.4 cm³/mol. The van der Waals surface area contributed by atoms with E-state index in [4.69, 9.17) is 5.11 Å². The van der Waals surface area contributed by atoms with Crippen LogP contribution in [0.2, 0.25) is 0 Å². The van der Waals surface area contributed by atoms with Gasteiger partial charge in [0.2, 0.25) is 0 Å². The van der Waals surface area contributed by atoms with Gasteiger partial charge in [0.15, 0.2) is 0 Å². The normalized spacial score (nSPS) is 12.5. The zero-order chi connectivity index (χ0) is 17.8. The van der Waals surface area contributed by atoms with Crippen LogP contribution in [-0.4, -0.2) is 25.9 Å². The van der Waals surface area contributed by atoms with Gasteiger partial charge in [-0.2, -0.15) is 0 Å². The summed E-state index contributed by atoms with van der Waals surface area (Å²) in [5, 5.41) is 19.1. The maximum Gasteiger partial charge on any atom is 0.417 e. The number of hydrogen-bond donors (Lipinski definition) is 2. The topological polar surface area (TPSA) is 75.4 Å². The SMILES string of the molecule is CCCCCCCCCCCCCC(O)c1cn(C(=O)O)c(C)n1. The number of unbranched alkanes of at least 4 members (excludes halogenated alkanes) is 10. The van der Waals surface area contributed by atoms with Crippen molar-refractivity contribution in [1.82, 2.24) is 9.55 Å². The summed E-state index contributed by atoms with van der Waals surface area (Å²) in [5.74, 6) is 0.399. The number of aryl methyl sites for hydroxylation is 1. The van der Waals surface area contributed by atoms with Crippen LogP contribution in [0.1, 0.15) is 102 Å². The molecule has 0 aromatic carbocycles. The van der Waals surface area contributed by atoms with Gasteiger partial charge in [-0.1, -0.05) is 77.6 Å². The van der Waals surface area contributed by atoms with Crippen LogP contribution in [0.4, 0.5) is 4.79 Å². The van der Waals surface area contributed by atoms with Gasteiger partial charge in [-0.25, -0.2) is 14.3 Å². The Hall–Kier alpha value is -1.36. The smallest absolute Gasteiger partial charge is 0.417 e. The first-order valence-corrected chi connectivity index (χ1v) is 9.53. The van der Waals surface area contributed by atoms with E-state index < -0.39 is 12.2 Å². The molecule has 0 saturated heterocycles. The van der Waals surface area contributed by atoms with Crippen molar-refractivity contribution >= 4 is 6.09 Å². The second-order valence-electron chi connectivity index (χ2n) is 6.71. The second-order valence-corrected chi connectivity index (χ2v) is 6.71. The first-order chi connectivity index (χ1) is 11.6. The summed E-state index contributed by atoms with van der Waals surface area (Å²) in [6, 6.07) is 0. The van der Waals surface area contributed by atoms with Crippen molar-refractivity contribution in [2.75, 3.05) is 0 Å². The van der Waals surface area contributed by atoms with Gasteiger partial charge in [0.05, 0.1) is 11.8 Å². The summed E-state index contributed by atoms with van der Waals surface area (Å²) < 4.78 is 1.05. The van der Waals surface area contributed by atoms with E-state index in [-0.39, 0.29) is 0 Å². The molecule has 1 atom stereocenters. The van der Waals surface area contributed by atoms with Gasteiger partial charge in [-0.05, 0) is 13.3 Å². The fourth-order valence-electron chi connectivity index (χ4n) is 3.00. The summed E-state index contributed by atoms with van der Waals surface area (Å²) in [6.45, 7) is 3.88. The lowest BCUT2D eigenvalue weighted by molar-refractivity contribution is 0.159. The highest BCUT2D eigenvalue weighted by atomic mass is 16.4. The maximum atomic E-state index is 11.0. The van der Waals surface area contributed by atoms with Crippen LogP contribution in [0.3, 0.4) is 0 Å². The average Bonchev–Trinajstić information content (AvgIpc) is 2.94. The molecule has 1 heterocycles. The van der Waals surface area contributed by atoms with Gasteiger partial charge >= 0.3 is 6.09 Å². The van der Waals surface area contributed by atoms with Gasteiger partial charge in [0.25, 0.3) is 0 Å². The molecule has 5 nitrogen and oxygen atoms in total. The van der Waals surface area contributed by atoms with E-state index in [1.165, 1.54) is 64.0 Å². The Balaban J connectivity index is 2.05. The lowest BCUT2D eigenvalue weighted by Crippen LogP contribution is -2.08. The Morgan fingerprint density at radius 1 is 1.04 bits per heavy atom. The zero-order valence-electron chi connectivity index (χ0n) is 15.3. The molecule has 1 rings (SSSR count). The van der Waals surface area contributed by atoms with E-state index in [1.807, 2.05) is 0 Å². The molecule has 0 bridgehead atoms. The number of nitrogens with zero attached hydrogens (tertiary/aromatic N) is 2. The van der Waals surface area contributed by atoms with Crippen LogP contribution in [-0.2, 0) is 0 Å². The molecule has 0 aliphatic heterocycles. The molecule has 0 spiro atoms. The Morgan fingerprint density at radius 3 is 2.00 bits per heavy atom. The van der Waals surface area contributed by atoms with Gasteiger partial charge in [-0.15, -0.1) is 0 Å². The minimum atomic E-state index is -1.06. The lowest BCUT2D eigenvalue weighted by Gasteiger charge is -2.07. The number of imidazole rings is 1. The fourth-order valence-corrected chi connectivity index (χ4v) is 3.00. The van der Waals surface area contributed by atoms with Crippen molar-refractivity contribution in [3.63, 3.8) is 0 Å². The van der Waals surface area contributed by atoms with Crippen molar-refractivity contribution in [3.05, 3.63) is 17.7 Å². The molecule has 0 aliphatic carbocycles. The monoisotopic (exact) mass is 338 g/mol. The molecule has 138 valence electrons. The van der Waals surface area contributed by atoms with Crippen molar-refractivity contribution < 1.29 is 15.0 Å². The van der Waals surface area contributed by atoms with Gasteiger partial charge in [0, 0.05) is 6.20 Å². The molecule has 1 aromatic rings. The Bertz CT molecular complexity index is 471. The van der Waals surface area contributed by atoms with E-state index in [2.05, 4.69) is 11.9 Å². The van der Waals surface area contributed by atoms with Crippen molar-refractivity contribution in [3.8, 4) is 0 Å². The van der Waals surface area contributed by atoms with E-state index in [1.54, 1.807) is 6.92 Å². The molecule has 0 aliphatic rings. The van der Waals surface area contributed by atoms with Crippen molar-refractivity contribution in [2.24, 2.45) is 0 Å². The molecular formula is C19H34N2O3. The predicted octanol–water partition coefficient (Wildman–Crippen LogP) is 5.45. The molecule has 0 radical (unpaired) electrons. The van der Waals surface area contributed by atoms with Gasteiger partial charge in [0.1, 0.15) is 5.82 Å². The molecule has 0 saturated carbocycles. The quantitative estimate of drug-likeness (QED) is 0.469. The van der Waals surface area contributed by atoms with E-state index >= 15 is 0 Å². The van der Waals surface area contributed by atoms with E-state index in [0.717, 1.165) is 17.4 Å². The van der Waals surface area contributed by atoms with Crippen LogP contribution in [0, 0.1) is 6.92 Å². The molecule has 1 unspecified atom stereocenters. The number of rotatable bonds is 13. The number of hydrogen-bond acceptors (Lipinski definition) is 3. The highest BCUT2D eigenvalue weighted by Crippen LogP contribution is 2.20. The zero-order valence-corrected chi connectivity index (χ0v) is 15.3. The molecule has 5 heteroatoms. The Morgan fingerprint density at radius 2 is 1.54 bits per heavy atom. The Kier molecular flexibility index (Phi) is 10.4. The fraction of sp³-hybridized carbons (Fsp3) is 0.789. The number of carbonyl (C=O) groups is 1. The summed E-state index contributed by atoms with van der Waals surface area (Å²) in [7, 11) is 0. The van der Waals surface area contributed by atoms with Crippen LogP contribution >= 0.6 is 0 Å². The summed E-state index contributed by atoms with van der Waals surface area (Å²) in [6.07, 6.45) is 14.4. The number of aliphatic hydroxyl groups is 1. The number of aromatic nitrogens is 2. The standard InChI is InChI=1S/C19H34N2O3/c1-3-4-5-6-7-8-9-10-11-12-13-14-18(22)17-15-21(19(23)24)16(2)20-17/h15,18,22H,3-14H2,1-2H3,(H,23,24). The summed E-state index contributed by atoms with van der Waals surface area (Å²) in [4.78, 5) is 15.1. The lowest BCUT2D eigenvalue weighted by atomic mass is 10.0. The van der Waals surface area contributed by atoms with Crippen molar-refractivity contribution in [1.29, 1.82) is 0 Å². The minimum absolute atomic E-state index is 0.399. The molecular weight excluding hydrogens is 304 g/mol. The molecule has 0 fully saturated rings. The van der Waals surface area contributed by atoms with Crippen LogP contribution in [0.5, 0.6) is 0 Å². The number of carboxylic acid groups (broad SMARTS) is 1. The maximum absolute atomic E-state index is 11.0. The van der Waals surface area contributed by atoms with E-state index in [0.29, 0.717) is 17.9 Å². The van der Waals surface area contributed by atoms with Gasteiger partial charge in [-0.3, -0.25) is 0 Å². The molecule has 24 heavy (non-hydrogen) atoms. The highest BCUT2D eigenvalue weighted by Gasteiger charge is 2.15. The largest absolute Gasteiger partial charge is 0.464 e. The summed E-state index contributed by atoms with van der Waals surface area (Å²) in [5.41, 5.74) is 0.460. The van der Waals surface area contributed by atoms with Gasteiger partial charge < -0.3 is 10.2 Å². The molecule has 0 amide bonds. The van der Waals surface area contributed by atoms with Crippen LogP contribution in [0.25, 0.3) is 0 Å². The second kappa shape index (κ2) is 12.1. The van der Waals surface area contributed by atoms with Crippen molar-refractivity contribution in [2.45, 2.75) is 97.0 Å². The Labute approximate surface area is 146 Å². The summed E-state index contributed by atoms with van der Waals surface area (Å²) >= 11 is 0. The first kappa shape index (κ1) is 20.7. The third-order valence-corrected chi connectivity index (χ3v) is 4.53. The first-order valence-electron chi connectivity index (χ1n) is 9.53. The van der Waals surface area contributed by atoms with E-state index in [9.17, 15) is 9.90 Å². The minimum Gasteiger partial charge on any atom is -0.464 e. The third kappa shape index (κ3) is 7.95. The highest BCUT2D eigenvalue weighted by molar-refractivity contribution is 5.68. The van der Waals surface area contributed by atoms with Crippen LogP contribution < -0.4 is 0 Å². The number of aliphatic hydroxyl groups excluding tert-OH is 1.